The van der Waals surface area contributed by atoms with E-state index < -0.39 is 0 Å². The molecule has 0 aromatic carbocycles. The molecule has 1 unspecified atom stereocenters. The van der Waals surface area contributed by atoms with Gasteiger partial charge in [-0.1, -0.05) is 25.7 Å². The van der Waals surface area contributed by atoms with Crippen LogP contribution in [0.5, 0.6) is 0 Å². The summed E-state index contributed by atoms with van der Waals surface area (Å²) in [4.78, 5) is 10.7. The molecule has 0 N–H and O–H groups in total. The second-order valence-corrected chi connectivity index (χ2v) is 4.70. The van der Waals surface area contributed by atoms with Crippen LogP contribution in [0.3, 0.4) is 0 Å². The van der Waals surface area contributed by atoms with Gasteiger partial charge in [-0.2, -0.15) is 0 Å². The van der Waals surface area contributed by atoms with Gasteiger partial charge in [0.2, 0.25) is 0 Å². The van der Waals surface area contributed by atoms with Crippen LogP contribution in [-0.4, -0.2) is 12.7 Å². The fourth-order valence-corrected chi connectivity index (χ4v) is 2.69. The molecule has 14 heavy (non-hydrogen) atoms. The van der Waals surface area contributed by atoms with E-state index in [-0.39, 0.29) is 0 Å². The number of rotatable bonds is 1. The molecule has 1 saturated carbocycles. The third-order valence-corrected chi connectivity index (χ3v) is 3.58. The van der Waals surface area contributed by atoms with E-state index in [0.29, 0.717) is 6.10 Å². The molecule has 2 fully saturated rings. The van der Waals surface area contributed by atoms with Crippen LogP contribution in [0, 0.1) is 5.92 Å². The second kappa shape index (κ2) is 5.72. The molecule has 0 aromatic rings. The van der Waals surface area contributed by atoms with Gasteiger partial charge < -0.3 is 0 Å². The molecule has 2 aliphatic rings. The highest BCUT2D eigenvalue weighted by molar-refractivity contribution is 4.73. The molecule has 1 heterocycles. The zero-order chi connectivity index (χ0) is 9.64. The van der Waals surface area contributed by atoms with Crippen molar-refractivity contribution in [2.75, 3.05) is 6.61 Å². The van der Waals surface area contributed by atoms with Crippen molar-refractivity contribution in [3.05, 3.63) is 0 Å². The Bertz CT molecular complexity index is 124. The minimum Gasteiger partial charge on any atom is -0.236 e. The van der Waals surface area contributed by atoms with E-state index in [2.05, 4.69) is 0 Å². The quantitative estimate of drug-likeness (QED) is 0.474. The first-order chi connectivity index (χ1) is 6.97. The Morgan fingerprint density at radius 1 is 0.714 bits per heavy atom. The number of hydrogen-bond acceptors (Lipinski definition) is 2. The fourth-order valence-electron chi connectivity index (χ4n) is 2.69. The summed E-state index contributed by atoms with van der Waals surface area (Å²) in [5.74, 6) is 0.774. The molecule has 2 rings (SSSR count). The summed E-state index contributed by atoms with van der Waals surface area (Å²) in [6.07, 6.45) is 12.4. The van der Waals surface area contributed by atoms with Gasteiger partial charge in [-0.15, -0.1) is 0 Å². The minimum absolute atomic E-state index is 0.399. The lowest BCUT2D eigenvalue weighted by Crippen LogP contribution is -2.22. The Kier molecular flexibility index (Phi) is 4.26. The average molecular weight is 198 g/mol. The van der Waals surface area contributed by atoms with Gasteiger partial charge in [0.05, 0.1) is 12.7 Å². The van der Waals surface area contributed by atoms with Gasteiger partial charge in [-0.05, 0) is 38.0 Å². The van der Waals surface area contributed by atoms with Crippen LogP contribution in [0.2, 0.25) is 0 Å². The molecule has 0 bridgehead atoms. The van der Waals surface area contributed by atoms with Gasteiger partial charge in [-0.25, -0.2) is 9.78 Å². The molecule has 2 heteroatoms. The summed E-state index contributed by atoms with van der Waals surface area (Å²) in [5, 5.41) is 0. The molecule has 82 valence electrons. The predicted octanol–water partition coefficient (Wildman–Crippen LogP) is 3.46. The molecule has 0 radical (unpaired) electrons. The topological polar surface area (TPSA) is 18.5 Å². The highest BCUT2D eigenvalue weighted by Gasteiger charge is 2.25. The van der Waals surface area contributed by atoms with Crippen molar-refractivity contribution < 1.29 is 9.78 Å². The molecule has 1 saturated heterocycles. The van der Waals surface area contributed by atoms with Crippen LogP contribution in [0.1, 0.15) is 57.8 Å². The second-order valence-electron chi connectivity index (χ2n) is 4.70. The Hall–Kier alpha value is -0.0800. The van der Waals surface area contributed by atoms with Crippen LogP contribution in [0.25, 0.3) is 0 Å². The lowest BCUT2D eigenvalue weighted by Gasteiger charge is -2.23. The molecule has 2 nitrogen and oxygen atoms in total. The summed E-state index contributed by atoms with van der Waals surface area (Å²) >= 11 is 0. The SMILES string of the molecule is C1CCCC(C2CCCCOO2)CC1. The van der Waals surface area contributed by atoms with E-state index in [4.69, 9.17) is 9.78 Å². The maximum absolute atomic E-state index is 5.50. The zero-order valence-electron chi connectivity index (χ0n) is 9.04. The lowest BCUT2D eigenvalue weighted by molar-refractivity contribution is -0.327. The summed E-state index contributed by atoms with van der Waals surface area (Å²) < 4.78 is 0. The maximum Gasteiger partial charge on any atom is 0.0958 e. The Morgan fingerprint density at radius 3 is 2.21 bits per heavy atom. The van der Waals surface area contributed by atoms with Gasteiger partial charge in [0.25, 0.3) is 0 Å². The minimum atomic E-state index is 0.399. The van der Waals surface area contributed by atoms with E-state index in [0.717, 1.165) is 12.5 Å². The van der Waals surface area contributed by atoms with Crippen LogP contribution in [0.15, 0.2) is 0 Å². The maximum atomic E-state index is 5.50. The van der Waals surface area contributed by atoms with Crippen LogP contribution >= 0.6 is 0 Å². The standard InChI is InChI=1S/C12H22O2/c1-2-4-8-11(7-3-1)12-9-5-6-10-13-14-12/h11-12H,1-10H2. The lowest BCUT2D eigenvalue weighted by atomic mass is 9.91. The Balaban J connectivity index is 1.83. The molecule has 1 aliphatic heterocycles. The van der Waals surface area contributed by atoms with Crippen molar-refractivity contribution in [2.45, 2.75) is 63.9 Å². The van der Waals surface area contributed by atoms with E-state index in [9.17, 15) is 0 Å². The average Bonchev–Trinajstić information content (AvgIpc) is 2.62. The van der Waals surface area contributed by atoms with Crippen LogP contribution in [-0.2, 0) is 9.78 Å². The highest BCUT2D eigenvalue weighted by Crippen LogP contribution is 2.30. The smallest absolute Gasteiger partial charge is 0.0958 e. The predicted molar refractivity (Wildman–Crippen MR) is 55.9 cm³/mol. The molecule has 0 spiro atoms. The van der Waals surface area contributed by atoms with Gasteiger partial charge >= 0.3 is 0 Å². The fraction of sp³-hybridized carbons (Fsp3) is 1.00. The Labute approximate surface area is 86.9 Å². The van der Waals surface area contributed by atoms with E-state index in [1.165, 1.54) is 57.8 Å². The molecule has 1 aliphatic carbocycles. The third-order valence-electron chi connectivity index (χ3n) is 3.58. The zero-order valence-corrected chi connectivity index (χ0v) is 9.04. The van der Waals surface area contributed by atoms with Crippen molar-refractivity contribution in [2.24, 2.45) is 5.92 Å². The monoisotopic (exact) mass is 198 g/mol. The van der Waals surface area contributed by atoms with Gasteiger partial charge in [0, 0.05) is 0 Å². The summed E-state index contributed by atoms with van der Waals surface area (Å²) in [7, 11) is 0. The summed E-state index contributed by atoms with van der Waals surface area (Å²) in [5.41, 5.74) is 0. The third kappa shape index (κ3) is 2.96. The largest absolute Gasteiger partial charge is 0.236 e. The molecule has 1 atom stereocenters. The van der Waals surface area contributed by atoms with Crippen LogP contribution < -0.4 is 0 Å². The van der Waals surface area contributed by atoms with Crippen molar-refractivity contribution in [1.29, 1.82) is 0 Å². The normalized spacial score (nSPS) is 32.1. The van der Waals surface area contributed by atoms with Gasteiger partial charge in [-0.3, -0.25) is 0 Å². The van der Waals surface area contributed by atoms with Crippen molar-refractivity contribution in [1.82, 2.24) is 0 Å². The Morgan fingerprint density at radius 2 is 1.43 bits per heavy atom. The molecule has 0 aromatic heterocycles. The van der Waals surface area contributed by atoms with E-state index in [1.807, 2.05) is 0 Å². The van der Waals surface area contributed by atoms with Gasteiger partial charge in [0.1, 0.15) is 0 Å². The van der Waals surface area contributed by atoms with Gasteiger partial charge in [0.15, 0.2) is 0 Å². The van der Waals surface area contributed by atoms with E-state index >= 15 is 0 Å². The molecular weight excluding hydrogens is 176 g/mol. The molecular formula is C12H22O2. The first-order valence-corrected chi connectivity index (χ1v) is 6.25. The van der Waals surface area contributed by atoms with E-state index in [1.54, 1.807) is 0 Å². The summed E-state index contributed by atoms with van der Waals surface area (Å²) in [6.45, 7) is 0.795. The molecule has 0 amide bonds. The first kappa shape index (κ1) is 10.4. The number of hydrogen-bond donors (Lipinski definition) is 0. The van der Waals surface area contributed by atoms with Crippen molar-refractivity contribution in [3.8, 4) is 0 Å². The van der Waals surface area contributed by atoms with Crippen molar-refractivity contribution >= 4 is 0 Å². The van der Waals surface area contributed by atoms with Crippen LogP contribution in [0.4, 0.5) is 0 Å². The first-order valence-electron chi connectivity index (χ1n) is 6.25. The summed E-state index contributed by atoms with van der Waals surface area (Å²) in [6, 6.07) is 0. The highest BCUT2D eigenvalue weighted by atomic mass is 17.2. The van der Waals surface area contributed by atoms with Crippen molar-refractivity contribution in [3.63, 3.8) is 0 Å².